The number of aromatic nitrogens is 1. The highest BCUT2D eigenvalue weighted by molar-refractivity contribution is 7.09. The molecule has 20 heavy (non-hydrogen) atoms. The quantitative estimate of drug-likeness (QED) is 0.828. The van der Waals surface area contributed by atoms with Gasteiger partial charge in [-0.05, 0) is 0 Å². The van der Waals surface area contributed by atoms with E-state index in [9.17, 15) is 18.0 Å². The Kier molecular flexibility index (Phi) is 8.02. The van der Waals surface area contributed by atoms with Gasteiger partial charge >= 0.3 is 6.18 Å². The summed E-state index contributed by atoms with van der Waals surface area (Å²) in [5, 5.41) is 3.58. The molecule has 1 amide bonds. The third-order valence-electron chi connectivity index (χ3n) is 2.29. The average molecular weight is 334 g/mol. The molecule has 3 N–H and O–H groups in total. The number of thiazole rings is 1. The first-order valence-electron chi connectivity index (χ1n) is 5.38. The van der Waals surface area contributed by atoms with E-state index in [2.05, 4.69) is 10.3 Å². The fourth-order valence-corrected chi connectivity index (χ4v) is 1.98. The molecule has 0 saturated heterocycles. The molecule has 1 rings (SSSR count). The predicted molar refractivity (Wildman–Crippen MR) is 70.7 cm³/mol. The van der Waals surface area contributed by atoms with E-state index in [0.717, 1.165) is 16.7 Å². The van der Waals surface area contributed by atoms with E-state index >= 15 is 0 Å². The molecule has 0 aliphatic heterocycles. The van der Waals surface area contributed by atoms with Crippen LogP contribution in [0, 0.1) is 0 Å². The number of alkyl halides is 3. The van der Waals surface area contributed by atoms with Gasteiger partial charge in [-0.3, -0.25) is 4.79 Å². The number of hydrogen-bond acceptors (Lipinski definition) is 5. The van der Waals surface area contributed by atoms with Crippen molar-refractivity contribution in [2.75, 3.05) is 13.7 Å². The molecule has 0 aliphatic rings. The summed E-state index contributed by atoms with van der Waals surface area (Å²) in [5.74, 6) is -0.346. The topological polar surface area (TPSA) is 77.2 Å². The van der Waals surface area contributed by atoms with Crippen LogP contribution >= 0.6 is 23.7 Å². The Hall–Kier alpha value is -0.900. The molecule has 1 unspecified atom stereocenters. The van der Waals surface area contributed by atoms with Crippen molar-refractivity contribution in [1.82, 2.24) is 10.3 Å². The number of amides is 1. The van der Waals surface area contributed by atoms with Crippen LogP contribution in [0.15, 0.2) is 5.38 Å². The van der Waals surface area contributed by atoms with Gasteiger partial charge in [0.05, 0.1) is 19.1 Å². The largest absolute Gasteiger partial charge is 0.434 e. The van der Waals surface area contributed by atoms with Crippen molar-refractivity contribution in [3.8, 4) is 0 Å². The Balaban J connectivity index is 0.00000361. The number of nitrogens with zero attached hydrogens (tertiary/aromatic N) is 1. The normalized spacial score (nSPS) is 12.7. The minimum atomic E-state index is -4.46. The first-order chi connectivity index (χ1) is 8.86. The maximum Gasteiger partial charge on any atom is 0.434 e. The molecule has 0 bridgehead atoms. The van der Waals surface area contributed by atoms with Gasteiger partial charge in [0.25, 0.3) is 0 Å². The molecule has 1 aromatic heterocycles. The Morgan fingerprint density at radius 2 is 2.25 bits per heavy atom. The first-order valence-corrected chi connectivity index (χ1v) is 6.26. The van der Waals surface area contributed by atoms with Crippen LogP contribution < -0.4 is 11.1 Å². The summed E-state index contributed by atoms with van der Waals surface area (Å²) in [7, 11) is 1.43. The van der Waals surface area contributed by atoms with Gasteiger partial charge in [0.15, 0.2) is 5.69 Å². The predicted octanol–water partition coefficient (Wildman–Crippen LogP) is 1.56. The molecule has 5 nitrogen and oxygen atoms in total. The molecule has 0 aromatic carbocycles. The van der Waals surface area contributed by atoms with Crippen LogP contribution in [0.25, 0.3) is 0 Å². The Morgan fingerprint density at radius 3 is 2.70 bits per heavy atom. The minimum Gasteiger partial charge on any atom is -0.380 e. The number of halogens is 4. The Morgan fingerprint density at radius 1 is 1.60 bits per heavy atom. The summed E-state index contributed by atoms with van der Waals surface area (Å²) in [5.41, 5.74) is 4.40. The number of nitrogens with one attached hydrogen (secondary N) is 1. The molecule has 1 atom stereocenters. The second kappa shape index (κ2) is 8.40. The van der Waals surface area contributed by atoms with E-state index < -0.39 is 18.0 Å². The van der Waals surface area contributed by atoms with Gasteiger partial charge in [-0.15, -0.1) is 23.7 Å². The maximum atomic E-state index is 12.3. The number of hydrogen-bond donors (Lipinski definition) is 2. The van der Waals surface area contributed by atoms with Crippen LogP contribution in [-0.4, -0.2) is 30.6 Å². The lowest BCUT2D eigenvalue weighted by Crippen LogP contribution is -2.31. The van der Waals surface area contributed by atoms with Crippen molar-refractivity contribution < 1.29 is 22.7 Å². The molecule has 0 aliphatic carbocycles. The second-order valence-corrected chi connectivity index (χ2v) is 4.64. The molecule has 1 aromatic rings. The van der Waals surface area contributed by atoms with Crippen LogP contribution in [-0.2, 0) is 22.3 Å². The minimum absolute atomic E-state index is 0. The average Bonchev–Trinajstić information content (AvgIpc) is 2.82. The van der Waals surface area contributed by atoms with Crippen molar-refractivity contribution >= 4 is 29.7 Å². The maximum absolute atomic E-state index is 12.3. The summed E-state index contributed by atoms with van der Waals surface area (Å²) in [6.07, 6.45) is -4.80. The monoisotopic (exact) mass is 333 g/mol. The second-order valence-electron chi connectivity index (χ2n) is 3.70. The number of carbonyl (C=O) groups excluding carboxylic acids is 1. The zero-order valence-electron chi connectivity index (χ0n) is 10.6. The van der Waals surface area contributed by atoms with Crippen LogP contribution in [0.1, 0.15) is 17.1 Å². The number of nitrogens with two attached hydrogens (primary N) is 1. The Bertz CT molecular complexity index is 424. The standard InChI is InChI=1S/C10H14F3N3O2S.ClH/c1-18-6(3-14)2-8(17)15-4-9-16-7(5-19-9)10(11,12)13;/h5-6H,2-4,14H2,1H3,(H,15,17);1H. The van der Waals surface area contributed by atoms with Crippen molar-refractivity contribution in [1.29, 1.82) is 0 Å². The van der Waals surface area contributed by atoms with Crippen molar-refractivity contribution in [2.45, 2.75) is 25.2 Å². The zero-order chi connectivity index (χ0) is 14.5. The highest BCUT2D eigenvalue weighted by Gasteiger charge is 2.33. The highest BCUT2D eigenvalue weighted by atomic mass is 35.5. The molecule has 0 fully saturated rings. The summed E-state index contributed by atoms with van der Waals surface area (Å²) < 4.78 is 41.8. The summed E-state index contributed by atoms with van der Waals surface area (Å²) in [4.78, 5) is 14.9. The van der Waals surface area contributed by atoms with E-state index in [-0.39, 0.29) is 42.8 Å². The molecule has 0 radical (unpaired) electrons. The number of rotatable bonds is 6. The van der Waals surface area contributed by atoms with Crippen molar-refractivity contribution in [2.24, 2.45) is 5.73 Å². The SMILES string of the molecule is COC(CN)CC(=O)NCc1nc(C(F)(F)F)cs1.Cl. The van der Waals surface area contributed by atoms with Gasteiger partial charge in [0.2, 0.25) is 5.91 Å². The fourth-order valence-electron chi connectivity index (χ4n) is 1.24. The molecule has 116 valence electrons. The van der Waals surface area contributed by atoms with Gasteiger partial charge in [0.1, 0.15) is 5.01 Å². The van der Waals surface area contributed by atoms with E-state index in [1.807, 2.05) is 0 Å². The number of ether oxygens (including phenoxy) is 1. The summed E-state index contributed by atoms with van der Waals surface area (Å²) in [6.45, 7) is 0.153. The lowest BCUT2D eigenvalue weighted by atomic mass is 10.2. The molecular formula is C10H15ClF3N3O2S. The van der Waals surface area contributed by atoms with Crippen molar-refractivity contribution in [3.05, 3.63) is 16.1 Å². The Labute approximate surface area is 124 Å². The van der Waals surface area contributed by atoms with Crippen LogP contribution in [0.4, 0.5) is 13.2 Å². The van der Waals surface area contributed by atoms with Crippen molar-refractivity contribution in [3.63, 3.8) is 0 Å². The van der Waals surface area contributed by atoms with E-state index in [4.69, 9.17) is 10.5 Å². The first kappa shape index (κ1) is 19.1. The van der Waals surface area contributed by atoms with Crippen LogP contribution in [0.5, 0.6) is 0 Å². The summed E-state index contributed by atoms with van der Waals surface area (Å²) >= 11 is 0.847. The fraction of sp³-hybridized carbons (Fsp3) is 0.600. The van der Waals surface area contributed by atoms with Gasteiger partial charge in [-0.25, -0.2) is 4.98 Å². The van der Waals surface area contributed by atoms with Gasteiger partial charge in [0, 0.05) is 19.0 Å². The van der Waals surface area contributed by atoms with E-state index in [1.54, 1.807) is 0 Å². The third kappa shape index (κ3) is 6.04. The lowest BCUT2D eigenvalue weighted by molar-refractivity contribution is -0.140. The molecule has 10 heteroatoms. The zero-order valence-corrected chi connectivity index (χ0v) is 12.2. The third-order valence-corrected chi connectivity index (χ3v) is 3.14. The lowest BCUT2D eigenvalue weighted by Gasteiger charge is -2.11. The smallest absolute Gasteiger partial charge is 0.380 e. The van der Waals surface area contributed by atoms with Gasteiger partial charge < -0.3 is 15.8 Å². The van der Waals surface area contributed by atoms with Crippen LogP contribution in [0.2, 0.25) is 0 Å². The van der Waals surface area contributed by atoms with Gasteiger partial charge in [-0.1, -0.05) is 0 Å². The highest BCUT2D eigenvalue weighted by Crippen LogP contribution is 2.29. The van der Waals surface area contributed by atoms with E-state index in [1.165, 1.54) is 7.11 Å². The molecular weight excluding hydrogens is 319 g/mol. The van der Waals surface area contributed by atoms with Crippen LogP contribution in [0.3, 0.4) is 0 Å². The number of methoxy groups -OCH3 is 1. The molecule has 0 spiro atoms. The van der Waals surface area contributed by atoms with E-state index in [0.29, 0.717) is 0 Å². The molecule has 1 heterocycles. The molecule has 0 saturated carbocycles. The summed E-state index contributed by atoms with van der Waals surface area (Å²) in [6, 6.07) is 0. The number of carbonyl (C=O) groups is 1. The van der Waals surface area contributed by atoms with Gasteiger partial charge in [-0.2, -0.15) is 13.2 Å².